The summed E-state index contributed by atoms with van der Waals surface area (Å²) in [5.74, 6) is 1.83. The van der Waals surface area contributed by atoms with E-state index < -0.39 is 0 Å². The zero-order valence-corrected chi connectivity index (χ0v) is 15.8. The van der Waals surface area contributed by atoms with Crippen molar-refractivity contribution in [3.8, 4) is 17.2 Å². The highest BCUT2D eigenvalue weighted by molar-refractivity contribution is 6.42. The van der Waals surface area contributed by atoms with Gasteiger partial charge in [-0.25, -0.2) is 0 Å². The van der Waals surface area contributed by atoms with Gasteiger partial charge in [0.05, 0.1) is 10.0 Å². The minimum absolute atomic E-state index is 0.0731. The molecule has 0 spiro atoms. The number of fused-ring (bicyclic) bond motifs is 1. The van der Waals surface area contributed by atoms with Crippen LogP contribution in [0.3, 0.4) is 0 Å². The summed E-state index contributed by atoms with van der Waals surface area (Å²) >= 11 is 11.8. The Bertz CT molecular complexity index is 797. The van der Waals surface area contributed by atoms with Gasteiger partial charge >= 0.3 is 0 Å². The average molecular weight is 396 g/mol. The number of halogens is 2. The van der Waals surface area contributed by atoms with Crippen molar-refractivity contribution in [1.29, 1.82) is 0 Å². The monoisotopic (exact) mass is 395 g/mol. The summed E-state index contributed by atoms with van der Waals surface area (Å²) in [5, 5.41) is 0.833. The Kier molecular flexibility index (Phi) is 6.12. The highest BCUT2D eigenvalue weighted by Gasteiger charge is 2.16. The highest BCUT2D eigenvalue weighted by atomic mass is 35.5. The summed E-state index contributed by atoms with van der Waals surface area (Å²) in [5.41, 5.74) is 0.971. The van der Waals surface area contributed by atoms with E-state index in [2.05, 4.69) is 0 Å². The van der Waals surface area contributed by atoms with E-state index in [-0.39, 0.29) is 12.5 Å². The second-order valence-electron chi connectivity index (χ2n) is 5.75. The molecule has 0 unspecified atom stereocenters. The summed E-state index contributed by atoms with van der Waals surface area (Å²) in [7, 11) is 0. The third-order valence-corrected chi connectivity index (χ3v) is 4.71. The van der Waals surface area contributed by atoms with Crippen molar-refractivity contribution in [2.45, 2.75) is 13.5 Å². The van der Waals surface area contributed by atoms with Crippen LogP contribution in [-0.2, 0) is 11.3 Å². The van der Waals surface area contributed by atoms with Crippen LogP contribution in [0.4, 0.5) is 0 Å². The lowest BCUT2D eigenvalue weighted by Gasteiger charge is -2.23. The van der Waals surface area contributed by atoms with Gasteiger partial charge < -0.3 is 19.1 Å². The Morgan fingerprint density at radius 2 is 1.85 bits per heavy atom. The molecule has 0 N–H and O–H groups in total. The molecule has 5 nitrogen and oxygen atoms in total. The first-order valence-corrected chi connectivity index (χ1v) is 9.06. The van der Waals surface area contributed by atoms with Crippen molar-refractivity contribution >= 4 is 29.1 Å². The third-order valence-electron chi connectivity index (χ3n) is 3.97. The number of benzene rings is 2. The van der Waals surface area contributed by atoms with E-state index in [0.717, 1.165) is 11.3 Å². The van der Waals surface area contributed by atoms with Crippen molar-refractivity contribution in [3.05, 3.63) is 52.0 Å². The first-order chi connectivity index (χ1) is 12.6. The molecular weight excluding hydrogens is 377 g/mol. The van der Waals surface area contributed by atoms with E-state index in [0.29, 0.717) is 47.8 Å². The fourth-order valence-corrected chi connectivity index (χ4v) is 2.87. The Morgan fingerprint density at radius 1 is 1.08 bits per heavy atom. The Labute approximate surface area is 162 Å². The molecule has 0 fully saturated rings. The molecule has 1 aliphatic rings. The molecule has 0 bridgehead atoms. The first-order valence-electron chi connectivity index (χ1n) is 8.31. The van der Waals surface area contributed by atoms with E-state index in [1.807, 2.05) is 25.1 Å². The van der Waals surface area contributed by atoms with Gasteiger partial charge in [-0.2, -0.15) is 0 Å². The molecule has 1 aliphatic heterocycles. The SMILES string of the molecule is CCN(Cc1ccc2c(c1)OCCO2)C(=O)COc1ccc(Cl)c(Cl)c1. The van der Waals surface area contributed by atoms with Crippen LogP contribution in [0.15, 0.2) is 36.4 Å². The highest BCUT2D eigenvalue weighted by Crippen LogP contribution is 2.31. The van der Waals surface area contributed by atoms with Crippen LogP contribution >= 0.6 is 23.2 Å². The number of hydrogen-bond acceptors (Lipinski definition) is 4. The number of ether oxygens (including phenoxy) is 3. The predicted octanol–water partition coefficient (Wildman–Crippen LogP) is 4.19. The molecule has 7 heteroatoms. The molecule has 3 rings (SSSR count). The fourth-order valence-electron chi connectivity index (χ4n) is 2.59. The number of nitrogens with zero attached hydrogens (tertiary/aromatic N) is 1. The first kappa shape index (κ1) is 18.7. The Hall–Kier alpha value is -2.11. The number of likely N-dealkylation sites (N-methyl/N-ethyl adjacent to an activating group) is 1. The molecular formula is C19H19Cl2NO4. The molecule has 2 aromatic rings. The minimum atomic E-state index is -0.117. The zero-order valence-electron chi connectivity index (χ0n) is 14.3. The van der Waals surface area contributed by atoms with Crippen LogP contribution < -0.4 is 14.2 Å². The van der Waals surface area contributed by atoms with E-state index in [9.17, 15) is 4.79 Å². The number of rotatable bonds is 6. The normalized spacial score (nSPS) is 12.6. The van der Waals surface area contributed by atoms with Crippen molar-refractivity contribution in [3.63, 3.8) is 0 Å². The molecule has 0 saturated heterocycles. The molecule has 1 amide bonds. The minimum Gasteiger partial charge on any atom is -0.486 e. The lowest BCUT2D eigenvalue weighted by molar-refractivity contribution is -0.133. The van der Waals surface area contributed by atoms with E-state index in [1.54, 1.807) is 23.1 Å². The summed E-state index contributed by atoms with van der Waals surface area (Å²) in [6, 6.07) is 10.6. The third kappa shape index (κ3) is 4.54. The lowest BCUT2D eigenvalue weighted by Crippen LogP contribution is -2.34. The summed E-state index contributed by atoms with van der Waals surface area (Å²) < 4.78 is 16.6. The van der Waals surface area contributed by atoms with Gasteiger partial charge in [0.25, 0.3) is 5.91 Å². The summed E-state index contributed by atoms with van der Waals surface area (Å²) in [6.07, 6.45) is 0. The van der Waals surface area contributed by atoms with Gasteiger partial charge in [-0.05, 0) is 36.8 Å². The van der Waals surface area contributed by atoms with E-state index >= 15 is 0 Å². The van der Waals surface area contributed by atoms with Crippen LogP contribution in [0.2, 0.25) is 10.0 Å². The molecule has 0 aliphatic carbocycles. The van der Waals surface area contributed by atoms with Gasteiger partial charge in [0.15, 0.2) is 18.1 Å². The molecule has 2 aromatic carbocycles. The van der Waals surface area contributed by atoms with Crippen LogP contribution in [-0.4, -0.2) is 37.2 Å². The lowest BCUT2D eigenvalue weighted by atomic mass is 10.1. The average Bonchev–Trinajstić information content (AvgIpc) is 2.66. The van der Waals surface area contributed by atoms with Crippen LogP contribution in [0, 0.1) is 0 Å². The van der Waals surface area contributed by atoms with Gasteiger partial charge in [-0.1, -0.05) is 29.3 Å². The maximum Gasteiger partial charge on any atom is 0.260 e. The fraction of sp³-hybridized carbons (Fsp3) is 0.316. The number of carbonyl (C=O) groups excluding carboxylic acids is 1. The van der Waals surface area contributed by atoms with Crippen LogP contribution in [0.25, 0.3) is 0 Å². The van der Waals surface area contributed by atoms with E-state index in [4.69, 9.17) is 37.4 Å². The maximum atomic E-state index is 12.5. The van der Waals surface area contributed by atoms with Crippen LogP contribution in [0.1, 0.15) is 12.5 Å². The van der Waals surface area contributed by atoms with Crippen molar-refractivity contribution in [2.24, 2.45) is 0 Å². The molecule has 26 heavy (non-hydrogen) atoms. The molecule has 0 atom stereocenters. The van der Waals surface area contributed by atoms with Crippen molar-refractivity contribution in [2.75, 3.05) is 26.4 Å². The molecule has 1 heterocycles. The van der Waals surface area contributed by atoms with Gasteiger partial charge in [0, 0.05) is 19.2 Å². The zero-order chi connectivity index (χ0) is 18.5. The second-order valence-corrected chi connectivity index (χ2v) is 6.56. The Morgan fingerprint density at radius 3 is 2.58 bits per heavy atom. The summed E-state index contributed by atoms with van der Waals surface area (Å²) in [4.78, 5) is 14.2. The summed E-state index contributed by atoms with van der Waals surface area (Å²) in [6.45, 7) is 3.97. The van der Waals surface area contributed by atoms with E-state index in [1.165, 1.54) is 0 Å². The van der Waals surface area contributed by atoms with Gasteiger partial charge in [-0.15, -0.1) is 0 Å². The van der Waals surface area contributed by atoms with Gasteiger partial charge in [0.2, 0.25) is 0 Å². The predicted molar refractivity (Wildman–Crippen MR) is 100 cm³/mol. The quantitative estimate of drug-likeness (QED) is 0.735. The molecule has 0 aromatic heterocycles. The largest absolute Gasteiger partial charge is 0.486 e. The standard InChI is InChI=1S/C19H19Cl2NO4/c1-2-22(11-13-3-6-17-18(9-13)25-8-7-24-17)19(23)12-26-14-4-5-15(20)16(21)10-14/h3-6,9-10H,2,7-8,11-12H2,1H3. The van der Waals surface area contributed by atoms with Crippen molar-refractivity contribution in [1.82, 2.24) is 4.90 Å². The Balaban J connectivity index is 1.60. The number of amides is 1. The number of hydrogen-bond donors (Lipinski definition) is 0. The molecule has 0 saturated carbocycles. The molecule has 138 valence electrons. The maximum absolute atomic E-state index is 12.5. The topological polar surface area (TPSA) is 48.0 Å². The second kappa shape index (κ2) is 8.52. The van der Waals surface area contributed by atoms with Crippen LogP contribution in [0.5, 0.6) is 17.2 Å². The number of carbonyl (C=O) groups is 1. The van der Waals surface area contributed by atoms with Gasteiger partial charge in [0.1, 0.15) is 19.0 Å². The van der Waals surface area contributed by atoms with Crippen molar-refractivity contribution < 1.29 is 19.0 Å². The smallest absolute Gasteiger partial charge is 0.260 e. The molecule has 0 radical (unpaired) electrons. The van der Waals surface area contributed by atoms with Gasteiger partial charge in [-0.3, -0.25) is 4.79 Å².